The highest BCUT2D eigenvalue weighted by atomic mass is 32.1. The first kappa shape index (κ1) is 15.7. The number of hydrogen-bond donors (Lipinski definition) is 0. The maximum atomic E-state index is 12.0. The van der Waals surface area contributed by atoms with Crippen LogP contribution in [0.1, 0.15) is 26.0 Å². The minimum atomic E-state index is -0.154. The smallest absolute Gasteiger partial charge is 0.309 e. The van der Waals surface area contributed by atoms with Crippen LogP contribution >= 0.6 is 11.3 Å². The predicted molar refractivity (Wildman–Crippen MR) is 88.4 cm³/mol. The van der Waals surface area contributed by atoms with Crippen LogP contribution in [0.15, 0.2) is 35.7 Å². The predicted octanol–water partition coefficient (Wildman–Crippen LogP) is 3.53. The number of nitrogens with zero attached hydrogens (tertiary/aromatic N) is 2. The van der Waals surface area contributed by atoms with Gasteiger partial charge in [-0.05, 0) is 24.5 Å². The van der Waals surface area contributed by atoms with Gasteiger partial charge in [-0.25, -0.2) is 4.98 Å². The number of hydrogen-bond acceptors (Lipinski definition) is 5. The van der Waals surface area contributed by atoms with E-state index < -0.39 is 0 Å². The van der Waals surface area contributed by atoms with Gasteiger partial charge in [0.25, 0.3) is 0 Å². The molecule has 0 N–H and O–H groups in total. The number of aromatic nitrogens is 1. The standard InChI is InChI=1S/C17H18N2O3S/c1-11-8-15(11)16(21)22-9-13-10-23-17(18-13)19(12(2)20)14-6-4-3-5-7-14/h3-7,10-11,15H,8-9H2,1-2H3/t11-,15-/m1/s1. The van der Waals surface area contributed by atoms with Crippen molar-refractivity contribution < 1.29 is 14.3 Å². The van der Waals surface area contributed by atoms with E-state index in [2.05, 4.69) is 4.98 Å². The van der Waals surface area contributed by atoms with Gasteiger partial charge in [0.2, 0.25) is 5.91 Å². The minimum absolute atomic E-state index is 0.0474. The van der Waals surface area contributed by atoms with E-state index in [-0.39, 0.29) is 24.4 Å². The summed E-state index contributed by atoms with van der Waals surface area (Å²) in [6.45, 7) is 3.69. The summed E-state index contributed by atoms with van der Waals surface area (Å²) in [7, 11) is 0. The zero-order valence-corrected chi connectivity index (χ0v) is 13.9. The highest BCUT2D eigenvalue weighted by molar-refractivity contribution is 7.14. The van der Waals surface area contributed by atoms with Crippen LogP contribution in [0.25, 0.3) is 0 Å². The second kappa shape index (κ2) is 6.50. The lowest BCUT2D eigenvalue weighted by atomic mass is 10.3. The lowest BCUT2D eigenvalue weighted by Crippen LogP contribution is -2.22. The van der Waals surface area contributed by atoms with Crippen molar-refractivity contribution >= 4 is 34.0 Å². The third kappa shape index (κ3) is 3.59. The second-order valence-corrected chi connectivity index (χ2v) is 6.58. The van der Waals surface area contributed by atoms with Crippen molar-refractivity contribution in [2.75, 3.05) is 4.90 Å². The first-order valence-corrected chi connectivity index (χ1v) is 8.41. The molecule has 1 aliphatic carbocycles. The molecule has 1 fully saturated rings. The summed E-state index contributed by atoms with van der Waals surface area (Å²) in [4.78, 5) is 29.7. The molecule has 0 radical (unpaired) electrons. The van der Waals surface area contributed by atoms with E-state index in [1.165, 1.54) is 18.3 Å². The van der Waals surface area contributed by atoms with Gasteiger partial charge in [-0.15, -0.1) is 11.3 Å². The lowest BCUT2D eigenvalue weighted by Gasteiger charge is -2.17. The van der Waals surface area contributed by atoms with Gasteiger partial charge in [-0.2, -0.15) is 0 Å². The summed E-state index contributed by atoms with van der Waals surface area (Å²) in [5.41, 5.74) is 1.43. The molecule has 1 heterocycles. The van der Waals surface area contributed by atoms with Crippen molar-refractivity contribution in [1.29, 1.82) is 0 Å². The first-order valence-electron chi connectivity index (χ1n) is 7.53. The zero-order valence-electron chi connectivity index (χ0n) is 13.1. The number of benzene rings is 1. The number of rotatable bonds is 5. The Morgan fingerprint density at radius 1 is 1.35 bits per heavy atom. The van der Waals surface area contributed by atoms with Crippen molar-refractivity contribution in [2.24, 2.45) is 11.8 Å². The summed E-state index contributed by atoms with van der Waals surface area (Å²) in [6, 6.07) is 9.36. The summed E-state index contributed by atoms with van der Waals surface area (Å²) in [6.07, 6.45) is 0.910. The van der Waals surface area contributed by atoms with Gasteiger partial charge in [0.1, 0.15) is 6.61 Å². The van der Waals surface area contributed by atoms with Gasteiger partial charge >= 0.3 is 5.97 Å². The molecule has 6 heteroatoms. The highest BCUT2D eigenvalue weighted by Crippen LogP contribution is 2.38. The van der Waals surface area contributed by atoms with Gasteiger partial charge in [-0.1, -0.05) is 25.1 Å². The van der Waals surface area contributed by atoms with Crippen molar-refractivity contribution in [3.8, 4) is 0 Å². The highest BCUT2D eigenvalue weighted by Gasteiger charge is 2.40. The molecule has 2 aromatic rings. The molecule has 0 unspecified atom stereocenters. The summed E-state index contributed by atoms with van der Waals surface area (Å²) in [5.74, 6) is 0.213. The largest absolute Gasteiger partial charge is 0.459 e. The maximum absolute atomic E-state index is 12.0. The Bertz CT molecular complexity index is 714. The lowest BCUT2D eigenvalue weighted by molar-refractivity contribution is -0.147. The number of amides is 1. The molecule has 0 bridgehead atoms. The minimum Gasteiger partial charge on any atom is -0.459 e. The normalized spacial score (nSPS) is 19.2. The SMILES string of the molecule is CC(=O)N(c1ccccc1)c1nc(COC(=O)[C@@H]2C[C@H]2C)cs1. The number of para-hydroxylation sites is 1. The molecule has 0 saturated heterocycles. The van der Waals surface area contributed by atoms with Crippen molar-refractivity contribution in [2.45, 2.75) is 26.9 Å². The van der Waals surface area contributed by atoms with Crippen LogP contribution in [0.5, 0.6) is 0 Å². The Hall–Kier alpha value is -2.21. The Balaban J connectivity index is 1.69. The number of ether oxygens (including phenoxy) is 1. The topological polar surface area (TPSA) is 59.5 Å². The van der Waals surface area contributed by atoms with Crippen LogP contribution in [-0.2, 0) is 20.9 Å². The quantitative estimate of drug-likeness (QED) is 0.787. The van der Waals surface area contributed by atoms with Gasteiger partial charge in [0, 0.05) is 12.3 Å². The van der Waals surface area contributed by atoms with Gasteiger partial charge < -0.3 is 4.74 Å². The zero-order chi connectivity index (χ0) is 16.4. The molecule has 0 spiro atoms. The Morgan fingerprint density at radius 2 is 2.04 bits per heavy atom. The number of anilines is 2. The Labute approximate surface area is 138 Å². The molecule has 1 aromatic carbocycles. The van der Waals surface area contributed by atoms with Crippen molar-refractivity contribution in [1.82, 2.24) is 4.98 Å². The van der Waals surface area contributed by atoms with Crippen LogP contribution in [0.3, 0.4) is 0 Å². The summed E-state index contributed by atoms with van der Waals surface area (Å²) in [5, 5.41) is 2.40. The van der Waals surface area contributed by atoms with Gasteiger partial charge in [-0.3, -0.25) is 14.5 Å². The third-order valence-corrected chi connectivity index (χ3v) is 4.71. The molecule has 1 saturated carbocycles. The average molecular weight is 330 g/mol. The summed E-state index contributed by atoms with van der Waals surface area (Å²) < 4.78 is 5.28. The molecule has 1 amide bonds. The van der Waals surface area contributed by atoms with Crippen molar-refractivity contribution in [3.63, 3.8) is 0 Å². The van der Waals surface area contributed by atoms with E-state index in [1.54, 1.807) is 4.90 Å². The van der Waals surface area contributed by atoms with E-state index in [9.17, 15) is 9.59 Å². The van der Waals surface area contributed by atoms with E-state index in [0.717, 1.165) is 12.1 Å². The monoisotopic (exact) mass is 330 g/mol. The third-order valence-electron chi connectivity index (χ3n) is 3.83. The Morgan fingerprint density at radius 3 is 2.65 bits per heavy atom. The van der Waals surface area contributed by atoms with Crippen LogP contribution in [0.2, 0.25) is 0 Å². The molecule has 3 rings (SSSR count). The van der Waals surface area contributed by atoms with Crippen LogP contribution < -0.4 is 4.90 Å². The van der Waals surface area contributed by atoms with E-state index in [4.69, 9.17) is 4.74 Å². The molecular weight excluding hydrogens is 312 g/mol. The fourth-order valence-corrected chi connectivity index (χ4v) is 3.24. The number of thiazole rings is 1. The van der Waals surface area contributed by atoms with Crippen molar-refractivity contribution in [3.05, 3.63) is 41.4 Å². The van der Waals surface area contributed by atoms with Crippen LogP contribution in [-0.4, -0.2) is 16.9 Å². The molecule has 1 aliphatic rings. The molecule has 5 nitrogen and oxygen atoms in total. The van der Waals surface area contributed by atoms with E-state index in [0.29, 0.717) is 16.7 Å². The first-order chi connectivity index (χ1) is 11.1. The van der Waals surface area contributed by atoms with Gasteiger partial charge in [0.05, 0.1) is 17.3 Å². The second-order valence-electron chi connectivity index (χ2n) is 5.74. The molecule has 2 atom stereocenters. The molecule has 1 aromatic heterocycles. The average Bonchev–Trinajstić information content (AvgIpc) is 3.09. The van der Waals surface area contributed by atoms with Crippen LogP contribution in [0.4, 0.5) is 10.8 Å². The maximum Gasteiger partial charge on any atom is 0.309 e. The molecular formula is C17H18N2O3S. The Kier molecular flexibility index (Phi) is 4.43. The number of esters is 1. The molecule has 23 heavy (non-hydrogen) atoms. The fourth-order valence-electron chi connectivity index (χ4n) is 2.37. The van der Waals surface area contributed by atoms with Gasteiger partial charge in [0.15, 0.2) is 5.13 Å². The molecule has 120 valence electrons. The number of carbonyl (C=O) groups excluding carboxylic acids is 2. The van der Waals surface area contributed by atoms with E-state index >= 15 is 0 Å². The number of carbonyl (C=O) groups is 2. The summed E-state index contributed by atoms with van der Waals surface area (Å²) >= 11 is 1.36. The fraction of sp³-hybridized carbons (Fsp3) is 0.353. The molecule has 0 aliphatic heterocycles. The van der Waals surface area contributed by atoms with E-state index in [1.807, 2.05) is 42.6 Å². The van der Waals surface area contributed by atoms with Crippen LogP contribution in [0, 0.1) is 11.8 Å².